The molecule has 3 atom stereocenters. The first-order chi connectivity index (χ1) is 16.5. The van der Waals surface area contributed by atoms with E-state index in [1.165, 1.54) is 4.90 Å². The van der Waals surface area contributed by atoms with Gasteiger partial charge in [0.2, 0.25) is 5.91 Å². The maximum absolute atomic E-state index is 15.4. The second-order valence-electron chi connectivity index (χ2n) is 9.98. The van der Waals surface area contributed by atoms with Crippen LogP contribution in [-0.2, 0) is 9.53 Å². The van der Waals surface area contributed by atoms with Gasteiger partial charge < -0.3 is 9.64 Å². The van der Waals surface area contributed by atoms with E-state index in [4.69, 9.17) is 4.74 Å². The van der Waals surface area contributed by atoms with Crippen LogP contribution in [-0.4, -0.2) is 41.0 Å². The number of ether oxygens (including phenoxy) is 1. The van der Waals surface area contributed by atoms with E-state index in [1.807, 2.05) is 17.1 Å². The minimum Gasteiger partial charge on any atom is -0.469 e. The number of hydrazine groups is 1. The normalized spacial score (nSPS) is 31.0. The zero-order valence-electron chi connectivity index (χ0n) is 18.9. The van der Waals surface area contributed by atoms with E-state index < -0.39 is 23.9 Å². The lowest BCUT2D eigenvalue weighted by Gasteiger charge is -2.30. The topological polar surface area (TPSA) is 73.9 Å². The van der Waals surface area contributed by atoms with Crippen molar-refractivity contribution in [2.24, 2.45) is 17.8 Å². The molecule has 0 aromatic carbocycles. The molecule has 3 fully saturated rings. The van der Waals surface area contributed by atoms with E-state index in [-0.39, 0.29) is 35.8 Å². The number of rotatable bonds is 5. The first kappa shape index (κ1) is 21.6. The third-order valence-electron chi connectivity index (χ3n) is 7.73. The molecular weight excluding hydrogens is 442 g/mol. The van der Waals surface area contributed by atoms with E-state index in [1.54, 1.807) is 12.3 Å². The van der Waals surface area contributed by atoms with Gasteiger partial charge in [-0.15, -0.1) is 0 Å². The van der Waals surface area contributed by atoms with Crippen LogP contribution in [0.15, 0.2) is 58.7 Å². The number of allylic oxidation sites excluding steroid dienone is 8. The second-order valence-corrected chi connectivity index (χ2v) is 9.98. The number of urea groups is 1. The molecule has 6 rings (SSSR count). The van der Waals surface area contributed by atoms with Gasteiger partial charge in [-0.3, -0.25) is 15.1 Å². The monoisotopic (exact) mass is 470 g/mol. The Morgan fingerprint density at radius 2 is 2.00 bits per heavy atom. The van der Waals surface area contributed by atoms with Gasteiger partial charge in [0.1, 0.15) is 11.9 Å². The van der Waals surface area contributed by atoms with Gasteiger partial charge in [0.25, 0.3) is 0 Å². The Labute approximate surface area is 196 Å². The average molecular weight is 471 g/mol. The van der Waals surface area contributed by atoms with Crippen molar-refractivity contribution in [3.05, 3.63) is 58.7 Å². The molecule has 3 heterocycles. The highest BCUT2D eigenvalue weighted by Crippen LogP contribution is 2.43. The van der Waals surface area contributed by atoms with Gasteiger partial charge in [0.05, 0.1) is 12.0 Å². The van der Waals surface area contributed by atoms with Crippen LogP contribution in [0, 0.1) is 17.8 Å². The summed E-state index contributed by atoms with van der Waals surface area (Å²) in [6.07, 6.45) is 11.2. The minimum atomic E-state index is -0.962. The molecule has 0 aromatic heterocycles. The van der Waals surface area contributed by atoms with Crippen LogP contribution in [0.3, 0.4) is 0 Å². The molecule has 3 amide bonds. The quantitative estimate of drug-likeness (QED) is 0.636. The summed E-state index contributed by atoms with van der Waals surface area (Å²) in [4.78, 5) is 28.2. The summed E-state index contributed by atoms with van der Waals surface area (Å²) >= 11 is 0. The van der Waals surface area contributed by atoms with Crippen molar-refractivity contribution < 1.29 is 23.1 Å². The molecule has 6 aliphatic rings. The molecule has 2 saturated heterocycles. The summed E-state index contributed by atoms with van der Waals surface area (Å²) in [5.74, 6) is -0.342. The summed E-state index contributed by atoms with van der Waals surface area (Å²) in [5, 5.41) is 0. The zero-order valence-corrected chi connectivity index (χ0v) is 18.9. The molecule has 9 heteroatoms. The number of likely N-dealkylation sites (tertiary alicyclic amines) is 1. The molecule has 180 valence electrons. The summed E-state index contributed by atoms with van der Waals surface area (Å²) in [6, 6.07) is -0.479. The first-order valence-electron chi connectivity index (χ1n) is 12.1. The second kappa shape index (κ2) is 8.37. The van der Waals surface area contributed by atoms with E-state index in [0.29, 0.717) is 31.4 Å². The molecule has 3 aliphatic carbocycles. The highest BCUT2D eigenvalue weighted by molar-refractivity contribution is 5.81. The number of amides is 3. The van der Waals surface area contributed by atoms with E-state index in [9.17, 15) is 9.59 Å². The molecular formula is C25H28F2N4O3. The third-order valence-corrected chi connectivity index (χ3v) is 7.73. The van der Waals surface area contributed by atoms with Crippen LogP contribution >= 0.6 is 0 Å². The molecule has 0 spiro atoms. The number of hydrogen-bond acceptors (Lipinski definition) is 4. The van der Waals surface area contributed by atoms with Gasteiger partial charge in [-0.1, -0.05) is 6.08 Å². The Bertz CT molecular complexity index is 1090. The summed E-state index contributed by atoms with van der Waals surface area (Å²) in [5.41, 5.74) is 6.71. The summed E-state index contributed by atoms with van der Waals surface area (Å²) in [6.45, 7) is 1.37. The fraction of sp³-hybridized carbons (Fsp3) is 0.520. The Morgan fingerprint density at radius 3 is 2.82 bits per heavy atom. The highest BCUT2D eigenvalue weighted by Gasteiger charge is 2.42. The van der Waals surface area contributed by atoms with Crippen molar-refractivity contribution in [1.29, 1.82) is 0 Å². The summed E-state index contributed by atoms with van der Waals surface area (Å²) < 4.78 is 36.0. The molecule has 0 bridgehead atoms. The van der Waals surface area contributed by atoms with Crippen LogP contribution in [0.5, 0.6) is 0 Å². The lowest BCUT2D eigenvalue weighted by atomic mass is 9.85. The standard InChI is InChI=1S/C25H28F2N4O3/c26-22-18(16-3-6-20-17(12-16)8-10-34-20)4-5-19(23(22)27)31-21(28-29-25(31)33)11-14-7-9-30(13-14)24(32)15-1-2-15/h3,6,8,10,14-15,17,21,28H,1-2,4-5,7,9,11-13H2,(H,29,33). The maximum atomic E-state index is 15.4. The van der Waals surface area contributed by atoms with Crippen LogP contribution < -0.4 is 10.9 Å². The van der Waals surface area contributed by atoms with Crippen molar-refractivity contribution >= 4 is 11.9 Å². The van der Waals surface area contributed by atoms with Gasteiger partial charge >= 0.3 is 6.03 Å². The smallest absolute Gasteiger partial charge is 0.337 e. The largest absolute Gasteiger partial charge is 0.469 e. The molecule has 0 radical (unpaired) electrons. The molecule has 1 saturated carbocycles. The van der Waals surface area contributed by atoms with Crippen molar-refractivity contribution in [1.82, 2.24) is 20.7 Å². The predicted octanol–water partition coefficient (Wildman–Crippen LogP) is 4.06. The van der Waals surface area contributed by atoms with Crippen molar-refractivity contribution in [3.63, 3.8) is 0 Å². The third kappa shape index (κ3) is 3.76. The van der Waals surface area contributed by atoms with Gasteiger partial charge in [-0.2, -0.15) is 0 Å². The molecule has 3 aliphatic heterocycles. The molecule has 3 unspecified atom stereocenters. The number of halogens is 2. The predicted molar refractivity (Wildman–Crippen MR) is 119 cm³/mol. The van der Waals surface area contributed by atoms with E-state index in [0.717, 1.165) is 37.1 Å². The molecule has 2 N–H and O–H groups in total. The Hall–Kier alpha value is -2.94. The zero-order chi connectivity index (χ0) is 23.4. The Balaban J connectivity index is 1.18. The molecule has 0 aromatic rings. The van der Waals surface area contributed by atoms with Crippen molar-refractivity contribution in [2.45, 2.75) is 51.1 Å². The fourth-order valence-corrected chi connectivity index (χ4v) is 5.70. The molecule has 7 nitrogen and oxygen atoms in total. The minimum absolute atomic E-state index is 0.0597. The lowest BCUT2D eigenvalue weighted by molar-refractivity contribution is -0.131. The van der Waals surface area contributed by atoms with Crippen LogP contribution in [0.1, 0.15) is 44.9 Å². The highest BCUT2D eigenvalue weighted by atomic mass is 19.2. The maximum Gasteiger partial charge on any atom is 0.337 e. The molecule has 34 heavy (non-hydrogen) atoms. The Morgan fingerprint density at radius 1 is 1.15 bits per heavy atom. The number of fused-ring (bicyclic) bond motifs is 1. The van der Waals surface area contributed by atoms with Crippen molar-refractivity contribution in [2.75, 3.05) is 13.1 Å². The fourth-order valence-electron chi connectivity index (χ4n) is 5.70. The van der Waals surface area contributed by atoms with Crippen LogP contribution in [0.4, 0.5) is 13.6 Å². The lowest BCUT2D eigenvalue weighted by Crippen LogP contribution is -2.40. The van der Waals surface area contributed by atoms with E-state index in [2.05, 4.69) is 10.9 Å². The number of nitrogens with zero attached hydrogens (tertiary/aromatic N) is 2. The number of nitrogens with one attached hydrogen (secondary N) is 2. The van der Waals surface area contributed by atoms with Crippen LogP contribution in [0.2, 0.25) is 0 Å². The van der Waals surface area contributed by atoms with Gasteiger partial charge in [0.15, 0.2) is 11.7 Å². The number of carbonyl (C=O) groups is 2. The first-order valence-corrected chi connectivity index (χ1v) is 12.1. The average Bonchev–Trinajstić information content (AvgIpc) is 3.22. The van der Waals surface area contributed by atoms with Gasteiger partial charge in [-0.05, 0) is 74.2 Å². The number of hydrogen-bond donors (Lipinski definition) is 2. The van der Waals surface area contributed by atoms with Crippen molar-refractivity contribution in [3.8, 4) is 0 Å². The van der Waals surface area contributed by atoms with Gasteiger partial charge in [-0.25, -0.2) is 19.0 Å². The van der Waals surface area contributed by atoms with Gasteiger partial charge in [0, 0.05) is 24.9 Å². The van der Waals surface area contributed by atoms with Crippen LogP contribution in [0.25, 0.3) is 0 Å². The van der Waals surface area contributed by atoms with E-state index >= 15 is 8.78 Å². The summed E-state index contributed by atoms with van der Waals surface area (Å²) in [7, 11) is 0. The Kier molecular flexibility index (Phi) is 5.32. The SMILES string of the molecule is O=C(C1CC1)N1CCC(CC2NNC(=O)N2C2=C(F)C(F)=C(C3=CC=C4OC=CC4C3)CC2)C1. The number of carbonyl (C=O) groups excluding carboxylic acids is 2.